The third-order valence-electron chi connectivity index (χ3n) is 3.51. The third-order valence-corrected chi connectivity index (χ3v) is 3.51. The summed E-state index contributed by atoms with van der Waals surface area (Å²) in [4.78, 5) is 24.3. The van der Waals surface area contributed by atoms with Gasteiger partial charge in [-0.25, -0.2) is 4.68 Å². The second-order valence-electron chi connectivity index (χ2n) is 5.46. The average Bonchev–Trinajstić information content (AvgIpc) is 2.61. The first kappa shape index (κ1) is 18.8. The Morgan fingerprint density at radius 2 is 1.96 bits per heavy atom. The summed E-state index contributed by atoms with van der Waals surface area (Å²) >= 11 is 0. The average molecular weight is 345 g/mol. The molecule has 0 bridgehead atoms. The molecule has 2 aromatic rings. The monoisotopic (exact) mass is 345 g/mol. The van der Waals surface area contributed by atoms with Crippen molar-refractivity contribution in [2.24, 2.45) is 0 Å². The first-order valence-electron chi connectivity index (χ1n) is 8.14. The van der Waals surface area contributed by atoms with Gasteiger partial charge < -0.3 is 14.8 Å². The van der Waals surface area contributed by atoms with Gasteiger partial charge in [0, 0.05) is 32.0 Å². The number of benzene rings is 1. The molecule has 0 spiro atoms. The number of para-hydroxylation sites is 1. The van der Waals surface area contributed by atoms with Crippen molar-refractivity contribution < 1.29 is 14.3 Å². The molecule has 1 aromatic carbocycles. The maximum atomic E-state index is 12.2. The highest BCUT2D eigenvalue weighted by molar-refractivity contribution is 5.92. The zero-order valence-corrected chi connectivity index (χ0v) is 14.5. The van der Waals surface area contributed by atoms with E-state index in [1.54, 1.807) is 18.7 Å². The zero-order chi connectivity index (χ0) is 18.1. The molecule has 134 valence electrons. The number of carbonyl (C=O) groups excluding carboxylic acids is 1. The Balaban J connectivity index is 1.99. The van der Waals surface area contributed by atoms with Crippen LogP contribution in [0.5, 0.6) is 0 Å². The van der Waals surface area contributed by atoms with E-state index >= 15 is 0 Å². The molecule has 7 heteroatoms. The van der Waals surface area contributed by atoms with E-state index in [0.29, 0.717) is 38.5 Å². The van der Waals surface area contributed by atoms with Crippen LogP contribution < -0.4 is 10.7 Å². The van der Waals surface area contributed by atoms with Crippen molar-refractivity contribution in [2.45, 2.75) is 13.3 Å². The van der Waals surface area contributed by atoms with Gasteiger partial charge in [-0.05, 0) is 25.5 Å². The molecule has 1 N–H and O–H groups in total. The molecule has 0 saturated carbocycles. The minimum atomic E-state index is -0.480. The molecule has 7 nitrogen and oxygen atoms in total. The molecule has 0 atom stereocenters. The van der Waals surface area contributed by atoms with E-state index in [1.807, 2.05) is 30.3 Å². The molecule has 0 aliphatic heterocycles. The first-order valence-corrected chi connectivity index (χ1v) is 8.14. The molecule has 1 aromatic heterocycles. The number of rotatable bonds is 9. The lowest BCUT2D eigenvalue weighted by atomic mass is 10.2. The minimum Gasteiger partial charge on any atom is -0.382 e. The highest BCUT2D eigenvalue weighted by Gasteiger charge is 2.14. The Labute approximate surface area is 146 Å². The fraction of sp³-hybridized carbons (Fsp3) is 0.389. The lowest BCUT2D eigenvalue weighted by Gasteiger charge is -2.11. The van der Waals surface area contributed by atoms with Crippen LogP contribution in [0.2, 0.25) is 0 Å². The van der Waals surface area contributed by atoms with Crippen LogP contribution in [0, 0.1) is 6.92 Å². The maximum Gasteiger partial charge on any atom is 0.275 e. The van der Waals surface area contributed by atoms with Crippen molar-refractivity contribution in [2.75, 3.05) is 33.5 Å². The van der Waals surface area contributed by atoms with Gasteiger partial charge in [-0.3, -0.25) is 9.59 Å². The van der Waals surface area contributed by atoms with Crippen molar-refractivity contribution in [1.82, 2.24) is 15.1 Å². The molecular formula is C18H23N3O4. The van der Waals surface area contributed by atoms with Crippen molar-refractivity contribution in [3.63, 3.8) is 0 Å². The number of ether oxygens (including phenoxy) is 2. The fourth-order valence-electron chi connectivity index (χ4n) is 2.24. The molecule has 1 amide bonds. The van der Waals surface area contributed by atoms with Crippen LogP contribution in [0.15, 0.2) is 41.2 Å². The lowest BCUT2D eigenvalue weighted by Crippen LogP contribution is -2.32. The second kappa shape index (κ2) is 9.71. The number of carbonyl (C=O) groups is 1. The van der Waals surface area contributed by atoms with E-state index in [1.165, 1.54) is 6.07 Å². The predicted octanol–water partition coefficient (Wildman–Crippen LogP) is 1.32. The van der Waals surface area contributed by atoms with E-state index in [9.17, 15) is 9.59 Å². The van der Waals surface area contributed by atoms with Gasteiger partial charge in [0.15, 0.2) is 5.69 Å². The van der Waals surface area contributed by atoms with Crippen LogP contribution in [0.3, 0.4) is 0 Å². The van der Waals surface area contributed by atoms with Crippen LogP contribution in [-0.4, -0.2) is 49.2 Å². The van der Waals surface area contributed by atoms with E-state index in [0.717, 1.165) is 5.69 Å². The lowest BCUT2D eigenvalue weighted by molar-refractivity contribution is 0.0688. The van der Waals surface area contributed by atoms with Gasteiger partial charge in [-0.1, -0.05) is 18.2 Å². The summed E-state index contributed by atoms with van der Waals surface area (Å²) in [6, 6.07) is 10.8. The summed E-state index contributed by atoms with van der Waals surface area (Å²) in [6.07, 6.45) is 0.647. The Morgan fingerprint density at radius 1 is 1.20 bits per heavy atom. The smallest absolute Gasteiger partial charge is 0.275 e. The van der Waals surface area contributed by atoms with Gasteiger partial charge in [0.2, 0.25) is 5.43 Å². The molecule has 0 saturated heterocycles. The summed E-state index contributed by atoms with van der Waals surface area (Å²) in [5, 5.41) is 6.93. The number of hydrogen-bond acceptors (Lipinski definition) is 5. The first-order chi connectivity index (χ1) is 12.1. The summed E-state index contributed by atoms with van der Waals surface area (Å²) in [7, 11) is 1.61. The highest BCUT2D eigenvalue weighted by Crippen LogP contribution is 2.07. The van der Waals surface area contributed by atoms with Crippen LogP contribution in [0.25, 0.3) is 5.69 Å². The third kappa shape index (κ3) is 5.51. The normalized spacial score (nSPS) is 10.6. The minimum absolute atomic E-state index is 0.116. The quantitative estimate of drug-likeness (QED) is 0.693. The molecule has 0 unspecified atom stereocenters. The van der Waals surface area contributed by atoms with Crippen LogP contribution in [-0.2, 0) is 9.47 Å². The number of methoxy groups -OCH3 is 1. The second-order valence-corrected chi connectivity index (χ2v) is 5.46. The largest absolute Gasteiger partial charge is 0.382 e. The molecule has 0 fully saturated rings. The van der Waals surface area contributed by atoms with Gasteiger partial charge in [-0.15, -0.1) is 0 Å². The molecule has 2 rings (SSSR count). The SMILES string of the molecule is COCCOCCCNC(=O)c1nn(-c2ccccc2)c(C)cc1=O. The maximum absolute atomic E-state index is 12.2. The van der Waals surface area contributed by atoms with Crippen LogP contribution in [0.4, 0.5) is 0 Å². The summed E-state index contributed by atoms with van der Waals surface area (Å²) < 4.78 is 11.8. The van der Waals surface area contributed by atoms with Gasteiger partial charge in [0.25, 0.3) is 5.91 Å². The van der Waals surface area contributed by atoms with Crippen molar-refractivity contribution in [3.05, 3.63) is 58.0 Å². The number of aryl methyl sites for hydroxylation is 1. The Kier molecular flexibility index (Phi) is 7.31. The van der Waals surface area contributed by atoms with Gasteiger partial charge in [0.05, 0.1) is 18.9 Å². The fourth-order valence-corrected chi connectivity index (χ4v) is 2.24. The number of nitrogens with one attached hydrogen (secondary N) is 1. The van der Waals surface area contributed by atoms with Gasteiger partial charge in [-0.2, -0.15) is 5.10 Å². The zero-order valence-electron chi connectivity index (χ0n) is 14.5. The van der Waals surface area contributed by atoms with Gasteiger partial charge >= 0.3 is 0 Å². The summed E-state index contributed by atoms with van der Waals surface area (Å²) in [5.41, 5.74) is 0.952. The van der Waals surface area contributed by atoms with Crippen molar-refractivity contribution >= 4 is 5.91 Å². The predicted molar refractivity (Wildman–Crippen MR) is 94.2 cm³/mol. The van der Waals surface area contributed by atoms with Crippen LogP contribution >= 0.6 is 0 Å². The standard InChI is InChI=1S/C18H23N3O4/c1-14-13-16(22)17(20-21(14)15-7-4-3-5-8-15)18(23)19-9-6-10-25-12-11-24-2/h3-5,7-8,13H,6,9-12H2,1-2H3,(H,19,23). The van der Waals surface area contributed by atoms with E-state index in [2.05, 4.69) is 10.4 Å². The highest BCUT2D eigenvalue weighted by atomic mass is 16.5. The Hall–Kier alpha value is -2.51. The Bertz CT molecular complexity index is 744. The van der Waals surface area contributed by atoms with E-state index in [-0.39, 0.29) is 5.69 Å². The summed E-state index contributed by atoms with van der Waals surface area (Å²) in [5.74, 6) is -0.480. The molecule has 1 heterocycles. The van der Waals surface area contributed by atoms with Gasteiger partial charge in [0.1, 0.15) is 0 Å². The molecule has 25 heavy (non-hydrogen) atoms. The number of amides is 1. The van der Waals surface area contributed by atoms with Crippen LogP contribution in [0.1, 0.15) is 22.6 Å². The van der Waals surface area contributed by atoms with Crippen molar-refractivity contribution in [1.29, 1.82) is 0 Å². The molecular weight excluding hydrogens is 322 g/mol. The van der Waals surface area contributed by atoms with E-state index < -0.39 is 11.3 Å². The number of hydrogen-bond donors (Lipinski definition) is 1. The molecule has 0 aliphatic rings. The van der Waals surface area contributed by atoms with E-state index in [4.69, 9.17) is 9.47 Å². The summed E-state index contributed by atoms with van der Waals surface area (Å²) in [6.45, 7) is 3.76. The topological polar surface area (TPSA) is 82.4 Å². The number of nitrogens with zero attached hydrogens (tertiary/aromatic N) is 2. The number of aromatic nitrogens is 2. The molecule has 0 aliphatic carbocycles. The van der Waals surface area contributed by atoms with Crippen molar-refractivity contribution in [3.8, 4) is 5.69 Å². The Morgan fingerprint density at radius 3 is 2.68 bits per heavy atom. The molecule has 0 radical (unpaired) electrons.